The molecule has 2 rings (SSSR count). The van der Waals surface area contributed by atoms with Crippen LogP contribution >= 0.6 is 24.0 Å². The standard InChI is InChI=1S/C20H28N4.HI/c1-5-21-19(23-14-18-11-6-7-12-22-18)24-15-20(3,4)17-10-8-9-16(2)13-17;/h6-13H,5,14-15H2,1-4H3,(H2,21,23,24);1H. The number of benzene rings is 1. The summed E-state index contributed by atoms with van der Waals surface area (Å²) in [5.74, 6) is 0.823. The van der Waals surface area contributed by atoms with E-state index in [0.29, 0.717) is 6.54 Å². The largest absolute Gasteiger partial charge is 0.357 e. The van der Waals surface area contributed by atoms with Gasteiger partial charge < -0.3 is 10.6 Å². The summed E-state index contributed by atoms with van der Waals surface area (Å²) in [4.78, 5) is 8.94. The number of halogens is 1. The Morgan fingerprint density at radius 3 is 2.56 bits per heavy atom. The van der Waals surface area contributed by atoms with Gasteiger partial charge in [0.05, 0.1) is 12.2 Å². The van der Waals surface area contributed by atoms with Crippen LogP contribution in [0.2, 0.25) is 0 Å². The molecule has 0 bridgehead atoms. The Morgan fingerprint density at radius 1 is 1.12 bits per heavy atom. The molecular weight excluding hydrogens is 423 g/mol. The summed E-state index contributed by atoms with van der Waals surface area (Å²) in [7, 11) is 0. The van der Waals surface area contributed by atoms with Crippen molar-refractivity contribution < 1.29 is 0 Å². The summed E-state index contributed by atoms with van der Waals surface area (Å²) < 4.78 is 0. The molecule has 2 N–H and O–H groups in total. The highest BCUT2D eigenvalue weighted by atomic mass is 127. The zero-order valence-corrected chi connectivity index (χ0v) is 17.9. The van der Waals surface area contributed by atoms with Gasteiger partial charge in [-0.25, -0.2) is 4.99 Å². The summed E-state index contributed by atoms with van der Waals surface area (Å²) in [5, 5.41) is 6.76. The van der Waals surface area contributed by atoms with Crippen LogP contribution in [0.25, 0.3) is 0 Å². The van der Waals surface area contributed by atoms with Gasteiger partial charge in [-0.15, -0.1) is 24.0 Å². The van der Waals surface area contributed by atoms with Crippen molar-refractivity contribution in [2.24, 2.45) is 4.99 Å². The first-order chi connectivity index (χ1) is 11.5. The molecule has 0 atom stereocenters. The minimum atomic E-state index is 0. The van der Waals surface area contributed by atoms with Crippen molar-refractivity contribution in [3.8, 4) is 0 Å². The average Bonchev–Trinajstić information content (AvgIpc) is 2.58. The molecule has 2 aromatic rings. The lowest BCUT2D eigenvalue weighted by Crippen LogP contribution is -2.43. The molecule has 136 valence electrons. The number of hydrogen-bond donors (Lipinski definition) is 2. The van der Waals surface area contributed by atoms with Gasteiger partial charge in [0.15, 0.2) is 5.96 Å². The highest BCUT2D eigenvalue weighted by molar-refractivity contribution is 14.0. The molecule has 0 amide bonds. The van der Waals surface area contributed by atoms with Gasteiger partial charge >= 0.3 is 0 Å². The van der Waals surface area contributed by atoms with E-state index in [0.717, 1.165) is 24.7 Å². The topological polar surface area (TPSA) is 49.3 Å². The third-order valence-corrected chi connectivity index (χ3v) is 3.97. The van der Waals surface area contributed by atoms with E-state index in [2.05, 4.69) is 72.6 Å². The summed E-state index contributed by atoms with van der Waals surface area (Å²) in [6.45, 7) is 10.9. The Balaban J connectivity index is 0.00000312. The number of pyridine rings is 1. The lowest BCUT2D eigenvalue weighted by atomic mass is 9.84. The normalized spacial score (nSPS) is 11.6. The molecule has 0 saturated carbocycles. The van der Waals surface area contributed by atoms with Crippen LogP contribution in [0.3, 0.4) is 0 Å². The maximum absolute atomic E-state index is 4.63. The molecule has 1 aromatic heterocycles. The van der Waals surface area contributed by atoms with Gasteiger partial charge in [0.2, 0.25) is 0 Å². The number of nitrogens with one attached hydrogen (secondary N) is 2. The summed E-state index contributed by atoms with van der Waals surface area (Å²) in [5.41, 5.74) is 3.60. The van der Waals surface area contributed by atoms with Gasteiger partial charge in [0, 0.05) is 24.7 Å². The van der Waals surface area contributed by atoms with Crippen molar-refractivity contribution in [3.63, 3.8) is 0 Å². The third kappa shape index (κ3) is 7.02. The van der Waals surface area contributed by atoms with Crippen LogP contribution in [0.5, 0.6) is 0 Å². The molecule has 0 spiro atoms. The number of aliphatic imine (C=N–C) groups is 1. The Morgan fingerprint density at radius 2 is 1.92 bits per heavy atom. The van der Waals surface area contributed by atoms with Crippen molar-refractivity contribution in [3.05, 3.63) is 65.5 Å². The van der Waals surface area contributed by atoms with Crippen LogP contribution in [-0.4, -0.2) is 24.0 Å². The lowest BCUT2D eigenvalue weighted by molar-refractivity contribution is 0.508. The Bertz CT molecular complexity index is 668. The first-order valence-corrected chi connectivity index (χ1v) is 8.50. The Kier molecular flexibility index (Phi) is 8.89. The van der Waals surface area contributed by atoms with Crippen molar-refractivity contribution in [2.45, 2.75) is 39.7 Å². The van der Waals surface area contributed by atoms with E-state index in [4.69, 9.17) is 0 Å². The van der Waals surface area contributed by atoms with Gasteiger partial charge in [-0.3, -0.25) is 4.98 Å². The second-order valence-electron chi connectivity index (χ2n) is 6.62. The number of nitrogens with zero attached hydrogens (tertiary/aromatic N) is 2. The summed E-state index contributed by atoms with van der Waals surface area (Å²) in [6.07, 6.45) is 1.80. The molecule has 0 radical (unpaired) electrons. The smallest absolute Gasteiger partial charge is 0.191 e. The number of aromatic nitrogens is 1. The van der Waals surface area contributed by atoms with E-state index in [1.807, 2.05) is 18.2 Å². The van der Waals surface area contributed by atoms with E-state index < -0.39 is 0 Å². The molecule has 25 heavy (non-hydrogen) atoms. The van der Waals surface area contributed by atoms with Crippen LogP contribution < -0.4 is 10.6 Å². The van der Waals surface area contributed by atoms with E-state index in [1.165, 1.54) is 11.1 Å². The molecule has 0 aliphatic heterocycles. The first kappa shape index (κ1) is 21.4. The molecule has 4 nitrogen and oxygen atoms in total. The fraction of sp³-hybridized carbons (Fsp3) is 0.400. The maximum atomic E-state index is 4.63. The monoisotopic (exact) mass is 452 g/mol. The predicted molar refractivity (Wildman–Crippen MR) is 117 cm³/mol. The fourth-order valence-corrected chi connectivity index (χ4v) is 2.47. The fourth-order valence-electron chi connectivity index (χ4n) is 2.47. The first-order valence-electron chi connectivity index (χ1n) is 8.50. The molecule has 0 aliphatic rings. The second kappa shape index (κ2) is 10.4. The van der Waals surface area contributed by atoms with E-state index in [-0.39, 0.29) is 29.4 Å². The summed E-state index contributed by atoms with van der Waals surface area (Å²) >= 11 is 0. The van der Waals surface area contributed by atoms with Crippen molar-refractivity contribution >= 4 is 29.9 Å². The van der Waals surface area contributed by atoms with Crippen LogP contribution in [0.15, 0.2) is 53.7 Å². The van der Waals surface area contributed by atoms with Gasteiger partial charge in [0.1, 0.15) is 0 Å². The quantitative estimate of drug-likeness (QED) is 0.395. The highest BCUT2D eigenvalue weighted by Gasteiger charge is 2.21. The molecule has 0 aliphatic carbocycles. The predicted octanol–water partition coefficient (Wildman–Crippen LogP) is 4.04. The van der Waals surface area contributed by atoms with E-state index >= 15 is 0 Å². The van der Waals surface area contributed by atoms with Gasteiger partial charge in [-0.2, -0.15) is 0 Å². The van der Waals surface area contributed by atoms with Crippen LogP contribution in [-0.2, 0) is 12.0 Å². The maximum Gasteiger partial charge on any atom is 0.191 e. The minimum absolute atomic E-state index is 0. The SMILES string of the molecule is CCNC(=NCc1ccccn1)NCC(C)(C)c1cccc(C)c1.I. The minimum Gasteiger partial charge on any atom is -0.357 e. The zero-order chi connectivity index (χ0) is 17.4. The highest BCUT2D eigenvalue weighted by Crippen LogP contribution is 2.22. The number of guanidine groups is 1. The van der Waals surface area contributed by atoms with Gasteiger partial charge in [0.25, 0.3) is 0 Å². The van der Waals surface area contributed by atoms with Gasteiger partial charge in [-0.1, -0.05) is 49.7 Å². The van der Waals surface area contributed by atoms with E-state index in [1.54, 1.807) is 6.20 Å². The molecular formula is C20H29IN4. The molecule has 5 heteroatoms. The van der Waals surface area contributed by atoms with Gasteiger partial charge in [-0.05, 0) is 31.5 Å². The second-order valence-corrected chi connectivity index (χ2v) is 6.62. The number of hydrogen-bond acceptors (Lipinski definition) is 2. The summed E-state index contributed by atoms with van der Waals surface area (Å²) in [6, 6.07) is 14.6. The van der Waals surface area contributed by atoms with Crippen molar-refractivity contribution in [2.75, 3.05) is 13.1 Å². The zero-order valence-electron chi connectivity index (χ0n) is 15.5. The van der Waals surface area contributed by atoms with Crippen molar-refractivity contribution in [1.29, 1.82) is 0 Å². The van der Waals surface area contributed by atoms with Crippen LogP contribution in [0, 0.1) is 6.92 Å². The molecule has 0 unspecified atom stereocenters. The molecule has 0 saturated heterocycles. The van der Waals surface area contributed by atoms with E-state index in [9.17, 15) is 0 Å². The third-order valence-electron chi connectivity index (χ3n) is 3.97. The number of rotatable bonds is 6. The lowest BCUT2D eigenvalue weighted by Gasteiger charge is -2.27. The molecule has 0 fully saturated rings. The van der Waals surface area contributed by atoms with Crippen LogP contribution in [0.1, 0.15) is 37.6 Å². The number of aryl methyl sites for hydroxylation is 1. The Labute approximate surface area is 168 Å². The average molecular weight is 452 g/mol. The van der Waals surface area contributed by atoms with Crippen molar-refractivity contribution in [1.82, 2.24) is 15.6 Å². The van der Waals surface area contributed by atoms with Crippen LogP contribution in [0.4, 0.5) is 0 Å². The molecule has 1 heterocycles. The molecule has 1 aromatic carbocycles. The Hall–Kier alpha value is -1.63.